The van der Waals surface area contributed by atoms with Crippen molar-refractivity contribution in [1.29, 1.82) is 0 Å². The van der Waals surface area contributed by atoms with Gasteiger partial charge >= 0.3 is 0 Å². The van der Waals surface area contributed by atoms with Gasteiger partial charge in [-0.25, -0.2) is 0 Å². The van der Waals surface area contributed by atoms with Crippen LogP contribution in [0.2, 0.25) is 0 Å². The Bertz CT molecular complexity index is 436. The maximum Gasteiger partial charge on any atom is 0.261 e. The van der Waals surface area contributed by atoms with E-state index in [0.717, 1.165) is 11.3 Å². The van der Waals surface area contributed by atoms with Crippen molar-refractivity contribution < 1.29 is 4.79 Å². The van der Waals surface area contributed by atoms with Crippen LogP contribution in [-0.2, 0) is 6.42 Å². The van der Waals surface area contributed by atoms with Crippen LogP contribution in [-0.4, -0.2) is 12.5 Å². The summed E-state index contributed by atoms with van der Waals surface area (Å²) in [6, 6.07) is 13.9. The average Bonchev–Trinajstić information content (AvgIpc) is 2.84. The van der Waals surface area contributed by atoms with E-state index in [1.165, 1.54) is 16.9 Å². The molecule has 0 aliphatic rings. The Morgan fingerprint density at radius 3 is 2.62 bits per heavy atom. The molecule has 0 saturated heterocycles. The number of carbonyl (C=O) groups is 1. The van der Waals surface area contributed by atoms with Crippen molar-refractivity contribution in [2.24, 2.45) is 0 Å². The normalized spacial score (nSPS) is 10.0. The van der Waals surface area contributed by atoms with E-state index in [4.69, 9.17) is 0 Å². The van der Waals surface area contributed by atoms with Crippen molar-refractivity contribution >= 4 is 17.2 Å². The monoisotopic (exact) mass is 231 g/mol. The number of amides is 1. The lowest BCUT2D eigenvalue weighted by molar-refractivity contribution is 0.0958. The van der Waals surface area contributed by atoms with Crippen molar-refractivity contribution in [3.05, 3.63) is 58.3 Å². The fourth-order valence-corrected chi connectivity index (χ4v) is 2.10. The summed E-state index contributed by atoms with van der Waals surface area (Å²) >= 11 is 1.47. The van der Waals surface area contributed by atoms with Crippen LogP contribution in [0.4, 0.5) is 0 Å². The van der Waals surface area contributed by atoms with Crippen LogP contribution in [0.5, 0.6) is 0 Å². The van der Waals surface area contributed by atoms with Gasteiger partial charge in [-0.2, -0.15) is 0 Å². The summed E-state index contributed by atoms with van der Waals surface area (Å²) in [5.41, 5.74) is 1.24. The van der Waals surface area contributed by atoms with Crippen molar-refractivity contribution in [1.82, 2.24) is 5.32 Å². The van der Waals surface area contributed by atoms with Gasteiger partial charge in [0.05, 0.1) is 4.88 Å². The third kappa shape index (κ3) is 2.94. The first-order valence-corrected chi connectivity index (χ1v) is 6.10. The number of nitrogens with one attached hydrogen (secondary N) is 1. The van der Waals surface area contributed by atoms with Crippen LogP contribution < -0.4 is 5.32 Å². The zero-order valence-corrected chi connectivity index (χ0v) is 9.67. The molecule has 2 rings (SSSR count). The molecule has 16 heavy (non-hydrogen) atoms. The fourth-order valence-electron chi connectivity index (χ4n) is 1.46. The van der Waals surface area contributed by atoms with Gasteiger partial charge in [0.25, 0.3) is 5.91 Å². The third-order valence-corrected chi connectivity index (χ3v) is 3.16. The number of rotatable bonds is 4. The largest absolute Gasteiger partial charge is 0.351 e. The van der Waals surface area contributed by atoms with E-state index < -0.39 is 0 Å². The maximum atomic E-state index is 11.6. The Balaban J connectivity index is 1.79. The third-order valence-electron chi connectivity index (χ3n) is 2.29. The lowest BCUT2D eigenvalue weighted by Gasteiger charge is -2.03. The minimum atomic E-state index is 0.0194. The minimum absolute atomic E-state index is 0.0194. The molecule has 0 aliphatic heterocycles. The Morgan fingerprint density at radius 2 is 1.94 bits per heavy atom. The highest BCUT2D eigenvalue weighted by atomic mass is 32.1. The lowest BCUT2D eigenvalue weighted by Crippen LogP contribution is -2.24. The van der Waals surface area contributed by atoms with E-state index in [1.807, 2.05) is 35.7 Å². The predicted octanol–water partition coefficient (Wildman–Crippen LogP) is 2.72. The van der Waals surface area contributed by atoms with Gasteiger partial charge < -0.3 is 5.32 Å². The van der Waals surface area contributed by atoms with Gasteiger partial charge in [-0.15, -0.1) is 11.3 Å². The first-order chi connectivity index (χ1) is 7.86. The number of hydrogen-bond donors (Lipinski definition) is 1. The van der Waals surface area contributed by atoms with Crippen molar-refractivity contribution in [3.63, 3.8) is 0 Å². The molecule has 2 aromatic rings. The molecule has 0 aliphatic carbocycles. The number of benzene rings is 1. The molecule has 2 nitrogen and oxygen atoms in total. The maximum absolute atomic E-state index is 11.6. The SMILES string of the molecule is O=C(NCCc1ccccc1)c1cccs1. The topological polar surface area (TPSA) is 29.1 Å². The average molecular weight is 231 g/mol. The summed E-state index contributed by atoms with van der Waals surface area (Å²) in [5, 5.41) is 4.81. The van der Waals surface area contributed by atoms with Crippen LogP contribution in [0.1, 0.15) is 15.2 Å². The Morgan fingerprint density at radius 1 is 1.12 bits per heavy atom. The summed E-state index contributed by atoms with van der Waals surface area (Å²) < 4.78 is 0. The lowest BCUT2D eigenvalue weighted by atomic mass is 10.1. The second-order valence-corrected chi connectivity index (χ2v) is 4.42. The van der Waals surface area contributed by atoms with E-state index in [2.05, 4.69) is 17.4 Å². The van der Waals surface area contributed by atoms with Crippen molar-refractivity contribution in [2.75, 3.05) is 6.54 Å². The quantitative estimate of drug-likeness (QED) is 0.861. The molecule has 82 valence electrons. The zero-order chi connectivity index (χ0) is 11.2. The second kappa shape index (κ2) is 5.47. The predicted molar refractivity (Wildman–Crippen MR) is 66.8 cm³/mol. The van der Waals surface area contributed by atoms with E-state index in [0.29, 0.717) is 6.54 Å². The summed E-state index contributed by atoms with van der Waals surface area (Å²) in [6.45, 7) is 0.681. The fraction of sp³-hybridized carbons (Fsp3) is 0.154. The molecular formula is C13H13NOS. The molecule has 0 fully saturated rings. The molecule has 1 amide bonds. The molecule has 0 atom stereocenters. The first kappa shape index (κ1) is 10.9. The van der Waals surface area contributed by atoms with E-state index in [9.17, 15) is 4.79 Å². The van der Waals surface area contributed by atoms with Gasteiger partial charge in [0.1, 0.15) is 0 Å². The van der Waals surface area contributed by atoms with Crippen LogP contribution >= 0.6 is 11.3 Å². The smallest absolute Gasteiger partial charge is 0.261 e. The molecule has 1 N–H and O–H groups in total. The zero-order valence-electron chi connectivity index (χ0n) is 8.85. The van der Waals surface area contributed by atoms with Crippen LogP contribution in [0.3, 0.4) is 0 Å². The molecule has 1 aromatic heterocycles. The molecule has 0 bridgehead atoms. The van der Waals surface area contributed by atoms with Gasteiger partial charge in [-0.3, -0.25) is 4.79 Å². The Hall–Kier alpha value is -1.61. The van der Waals surface area contributed by atoms with Gasteiger partial charge in [-0.1, -0.05) is 36.4 Å². The summed E-state index contributed by atoms with van der Waals surface area (Å²) in [5.74, 6) is 0.0194. The summed E-state index contributed by atoms with van der Waals surface area (Å²) in [4.78, 5) is 12.4. The van der Waals surface area contributed by atoms with Gasteiger partial charge in [-0.05, 0) is 23.4 Å². The van der Waals surface area contributed by atoms with Crippen molar-refractivity contribution in [2.45, 2.75) is 6.42 Å². The number of carbonyl (C=O) groups excluding carboxylic acids is 1. The van der Waals surface area contributed by atoms with Crippen LogP contribution in [0, 0.1) is 0 Å². The first-order valence-electron chi connectivity index (χ1n) is 5.22. The Kier molecular flexibility index (Phi) is 3.72. The summed E-state index contributed by atoms with van der Waals surface area (Å²) in [6.07, 6.45) is 0.873. The molecule has 0 radical (unpaired) electrons. The van der Waals surface area contributed by atoms with E-state index >= 15 is 0 Å². The second-order valence-electron chi connectivity index (χ2n) is 3.47. The van der Waals surface area contributed by atoms with E-state index in [1.54, 1.807) is 0 Å². The van der Waals surface area contributed by atoms with Crippen LogP contribution in [0.15, 0.2) is 47.8 Å². The van der Waals surface area contributed by atoms with Gasteiger partial charge in [0, 0.05) is 6.54 Å². The highest BCUT2D eigenvalue weighted by molar-refractivity contribution is 7.12. The van der Waals surface area contributed by atoms with Crippen molar-refractivity contribution in [3.8, 4) is 0 Å². The molecule has 3 heteroatoms. The molecule has 0 saturated carbocycles. The Labute approximate surface area is 98.9 Å². The number of hydrogen-bond acceptors (Lipinski definition) is 2. The van der Waals surface area contributed by atoms with E-state index in [-0.39, 0.29) is 5.91 Å². The molecule has 0 spiro atoms. The molecule has 1 heterocycles. The highest BCUT2D eigenvalue weighted by Crippen LogP contribution is 2.07. The molecular weight excluding hydrogens is 218 g/mol. The summed E-state index contributed by atoms with van der Waals surface area (Å²) in [7, 11) is 0. The van der Waals surface area contributed by atoms with Gasteiger partial charge in [0.2, 0.25) is 0 Å². The molecule has 0 unspecified atom stereocenters. The number of thiophene rings is 1. The van der Waals surface area contributed by atoms with Crippen LogP contribution in [0.25, 0.3) is 0 Å². The minimum Gasteiger partial charge on any atom is -0.351 e. The highest BCUT2D eigenvalue weighted by Gasteiger charge is 2.04. The standard InChI is InChI=1S/C13H13NOS/c15-13(12-7-4-10-16-12)14-9-8-11-5-2-1-3-6-11/h1-7,10H,8-9H2,(H,14,15). The molecule has 1 aromatic carbocycles. The van der Waals surface area contributed by atoms with Gasteiger partial charge in [0.15, 0.2) is 0 Å².